The first-order valence-corrected chi connectivity index (χ1v) is 9.31. The summed E-state index contributed by atoms with van der Waals surface area (Å²) in [5.41, 5.74) is 2.23. The molecule has 3 nitrogen and oxygen atoms in total. The Morgan fingerprint density at radius 3 is 2.61 bits per heavy atom. The van der Waals surface area contributed by atoms with Crippen molar-refractivity contribution in [1.82, 2.24) is 4.90 Å². The van der Waals surface area contributed by atoms with Crippen LogP contribution in [-0.4, -0.2) is 30.4 Å². The highest BCUT2D eigenvalue weighted by Crippen LogP contribution is 2.14. The number of benzene rings is 1. The molecule has 23 heavy (non-hydrogen) atoms. The second-order valence-corrected chi connectivity index (χ2v) is 7.19. The van der Waals surface area contributed by atoms with Crippen molar-refractivity contribution in [2.45, 2.75) is 32.1 Å². The molecule has 1 saturated heterocycles. The van der Waals surface area contributed by atoms with Crippen molar-refractivity contribution >= 4 is 22.9 Å². The summed E-state index contributed by atoms with van der Waals surface area (Å²) in [6.45, 7) is 3.75. The zero-order chi connectivity index (χ0) is 15.9. The molecule has 1 N–H and O–H groups in total. The van der Waals surface area contributed by atoms with E-state index in [0.29, 0.717) is 6.42 Å². The third kappa shape index (κ3) is 5.19. The molecule has 1 amide bonds. The van der Waals surface area contributed by atoms with Gasteiger partial charge in [0.25, 0.3) is 0 Å². The minimum atomic E-state index is 0.0502. The molecule has 0 spiro atoms. The van der Waals surface area contributed by atoms with E-state index in [1.807, 2.05) is 29.6 Å². The minimum Gasteiger partial charge on any atom is -0.326 e. The Bertz CT molecular complexity index is 601. The van der Waals surface area contributed by atoms with E-state index >= 15 is 0 Å². The number of nitrogens with zero attached hydrogens (tertiary/aromatic N) is 1. The van der Waals surface area contributed by atoms with Crippen molar-refractivity contribution < 1.29 is 4.79 Å². The summed E-state index contributed by atoms with van der Waals surface area (Å²) in [6.07, 6.45) is 5.50. The Morgan fingerprint density at radius 2 is 1.91 bits per heavy atom. The fraction of sp³-hybridized carbons (Fsp3) is 0.421. The summed E-state index contributed by atoms with van der Waals surface area (Å²) in [5, 5.41) is 4.97. The number of rotatable bonds is 7. The van der Waals surface area contributed by atoms with Crippen LogP contribution < -0.4 is 5.32 Å². The number of carbonyl (C=O) groups excluding carboxylic acids is 1. The summed E-state index contributed by atoms with van der Waals surface area (Å²) in [4.78, 5) is 15.6. The summed E-state index contributed by atoms with van der Waals surface area (Å²) < 4.78 is 0. The lowest BCUT2D eigenvalue weighted by Crippen LogP contribution is -2.20. The van der Waals surface area contributed by atoms with Crippen LogP contribution in [0.3, 0.4) is 0 Å². The standard InChI is InChI=1S/C19H24N2OS/c22-19(15-18-6-4-14-23-18)20-17-9-7-16(8-10-17)5-3-13-21-11-1-2-12-21/h4,6-10,14H,1-3,5,11-13,15H2,(H,20,22). The first-order chi connectivity index (χ1) is 11.3. The lowest BCUT2D eigenvalue weighted by Gasteiger charge is -2.14. The molecule has 122 valence electrons. The maximum Gasteiger partial charge on any atom is 0.229 e. The monoisotopic (exact) mass is 328 g/mol. The van der Waals surface area contributed by atoms with Gasteiger partial charge in [0, 0.05) is 10.6 Å². The van der Waals surface area contributed by atoms with E-state index in [1.165, 1.54) is 44.5 Å². The van der Waals surface area contributed by atoms with Gasteiger partial charge in [-0.1, -0.05) is 18.2 Å². The Morgan fingerprint density at radius 1 is 1.13 bits per heavy atom. The van der Waals surface area contributed by atoms with Crippen LogP contribution in [0.2, 0.25) is 0 Å². The van der Waals surface area contributed by atoms with E-state index in [9.17, 15) is 4.79 Å². The third-order valence-corrected chi connectivity index (χ3v) is 5.17. The lowest BCUT2D eigenvalue weighted by atomic mass is 10.1. The van der Waals surface area contributed by atoms with Crippen LogP contribution in [0.15, 0.2) is 41.8 Å². The molecule has 2 aromatic rings. The number of likely N-dealkylation sites (tertiary alicyclic amines) is 1. The molecule has 4 heteroatoms. The maximum absolute atomic E-state index is 12.0. The van der Waals surface area contributed by atoms with Crippen LogP contribution in [0.1, 0.15) is 29.7 Å². The van der Waals surface area contributed by atoms with Crippen molar-refractivity contribution in [3.63, 3.8) is 0 Å². The molecule has 1 aromatic heterocycles. The molecule has 0 aliphatic carbocycles. The molecular formula is C19H24N2OS. The smallest absolute Gasteiger partial charge is 0.229 e. The highest BCUT2D eigenvalue weighted by Gasteiger charge is 2.10. The van der Waals surface area contributed by atoms with E-state index in [2.05, 4.69) is 22.3 Å². The summed E-state index contributed by atoms with van der Waals surface area (Å²) in [6, 6.07) is 12.3. The summed E-state index contributed by atoms with van der Waals surface area (Å²) in [5.74, 6) is 0.0502. The van der Waals surface area contributed by atoms with Gasteiger partial charge in [-0.15, -0.1) is 11.3 Å². The minimum absolute atomic E-state index is 0.0502. The van der Waals surface area contributed by atoms with E-state index in [-0.39, 0.29) is 5.91 Å². The number of anilines is 1. The molecule has 0 unspecified atom stereocenters. The third-order valence-electron chi connectivity index (χ3n) is 4.29. The number of carbonyl (C=O) groups is 1. The Hall–Kier alpha value is -1.65. The average molecular weight is 328 g/mol. The van der Waals surface area contributed by atoms with Crippen molar-refractivity contribution in [1.29, 1.82) is 0 Å². The first kappa shape index (κ1) is 16.2. The molecule has 0 radical (unpaired) electrons. The van der Waals surface area contributed by atoms with Crippen molar-refractivity contribution in [3.05, 3.63) is 52.2 Å². The highest BCUT2D eigenvalue weighted by molar-refractivity contribution is 7.10. The maximum atomic E-state index is 12.0. The van der Waals surface area contributed by atoms with Gasteiger partial charge in [0.1, 0.15) is 0 Å². The Balaban J connectivity index is 1.42. The van der Waals surface area contributed by atoms with Crippen molar-refractivity contribution in [2.75, 3.05) is 25.0 Å². The fourth-order valence-corrected chi connectivity index (χ4v) is 3.75. The van der Waals surface area contributed by atoms with Gasteiger partial charge in [-0.3, -0.25) is 4.79 Å². The van der Waals surface area contributed by atoms with Crippen LogP contribution in [-0.2, 0) is 17.6 Å². The number of aryl methyl sites for hydroxylation is 1. The average Bonchev–Trinajstić information content (AvgIpc) is 3.23. The van der Waals surface area contributed by atoms with E-state index < -0.39 is 0 Å². The molecule has 1 aliphatic heterocycles. The van der Waals surface area contributed by atoms with E-state index in [1.54, 1.807) is 11.3 Å². The quantitative estimate of drug-likeness (QED) is 0.834. The van der Waals surface area contributed by atoms with Crippen molar-refractivity contribution in [3.8, 4) is 0 Å². The summed E-state index contributed by atoms with van der Waals surface area (Å²) in [7, 11) is 0. The largest absolute Gasteiger partial charge is 0.326 e. The van der Waals surface area contributed by atoms with Gasteiger partial charge in [0.05, 0.1) is 6.42 Å². The predicted octanol–water partition coefficient (Wildman–Crippen LogP) is 3.96. The predicted molar refractivity (Wildman–Crippen MR) is 97.1 cm³/mol. The second kappa shape index (κ2) is 8.27. The molecule has 2 heterocycles. The van der Waals surface area contributed by atoms with Gasteiger partial charge in [-0.25, -0.2) is 0 Å². The van der Waals surface area contributed by atoms with Crippen LogP contribution in [0.25, 0.3) is 0 Å². The van der Waals surface area contributed by atoms with Gasteiger partial charge in [-0.05, 0) is 74.5 Å². The van der Waals surface area contributed by atoms with Gasteiger partial charge < -0.3 is 10.2 Å². The van der Waals surface area contributed by atoms with Gasteiger partial charge >= 0.3 is 0 Å². The first-order valence-electron chi connectivity index (χ1n) is 8.43. The molecule has 1 fully saturated rings. The number of amides is 1. The number of thiophene rings is 1. The number of nitrogens with one attached hydrogen (secondary N) is 1. The molecule has 1 aromatic carbocycles. The molecule has 0 bridgehead atoms. The second-order valence-electron chi connectivity index (χ2n) is 6.15. The molecular weight excluding hydrogens is 304 g/mol. The molecule has 0 atom stereocenters. The topological polar surface area (TPSA) is 32.3 Å². The summed E-state index contributed by atoms with van der Waals surface area (Å²) >= 11 is 1.62. The van der Waals surface area contributed by atoms with Crippen LogP contribution in [0.5, 0.6) is 0 Å². The Labute approximate surface area is 142 Å². The van der Waals surface area contributed by atoms with E-state index in [0.717, 1.165) is 17.0 Å². The number of hydrogen-bond acceptors (Lipinski definition) is 3. The van der Waals surface area contributed by atoms with Gasteiger partial charge in [0.15, 0.2) is 0 Å². The van der Waals surface area contributed by atoms with Gasteiger partial charge in [0.2, 0.25) is 5.91 Å². The normalized spacial score (nSPS) is 15.0. The van der Waals surface area contributed by atoms with Crippen LogP contribution in [0, 0.1) is 0 Å². The molecule has 1 aliphatic rings. The fourth-order valence-electron chi connectivity index (χ4n) is 3.04. The zero-order valence-electron chi connectivity index (χ0n) is 13.5. The Kier molecular flexibility index (Phi) is 5.83. The SMILES string of the molecule is O=C(Cc1cccs1)Nc1ccc(CCCN2CCCC2)cc1. The van der Waals surface area contributed by atoms with Crippen molar-refractivity contribution in [2.24, 2.45) is 0 Å². The van der Waals surface area contributed by atoms with Crippen LogP contribution in [0.4, 0.5) is 5.69 Å². The van der Waals surface area contributed by atoms with E-state index in [4.69, 9.17) is 0 Å². The van der Waals surface area contributed by atoms with Gasteiger partial charge in [-0.2, -0.15) is 0 Å². The highest BCUT2D eigenvalue weighted by atomic mass is 32.1. The number of hydrogen-bond donors (Lipinski definition) is 1. The van der Waals surface area contributed by atoms with Crippen LogP contribution >= 0.6 is 11.3 Å². The molecule has 0 saturated carbocycles. The molecule has 3 rings (SSSR count). The lowest BCUT2D eigenvalue weighted by molar-refractivity contribution is -0.115. The zero-order valence-corrected chi connectivity index (χ0v) is 14.3.